The lowest BCUT2D eigenvalue weighted by atomic mass is 9.44. The van der Waals surface area contributed by atoms with E-state index < -0.39 is 0 Å². The maximum Gasteiger partial charge on any atom is 0.107 e. The first-order valence-electron chi connectivity index (χ1n) is 6.49. The highest BCUT2D eigenvalue weighted by Crippen LogP contribution is 2.65. The van der Waals surface area contributed by atoms with Crippen molar-refractivity contribution in [3.05, 3.63) is 0 Å². The maximum absolute atomic E-state index is 9.19. The minimum Gasteiger partial charge on any atom is -0.411 e. The van der Waals surface area contributed by atoms with Crippen LogP contribution in [-0.4, -0.2) is 22.3 Å². The first-order chi connectivity index (χ1) is 8.09. The third-order valence-electron chi connectivity index (χ3n) is 5.18. The van der Waals surface area contributed by atoms with E-state index in [0.717, 1.165) is 31.1 Å². The Morgan fingerprint density at radius 2 is 1.82 bits per heavy atom. The Labute approximate surface area is 101 Å². The normalized spacial score (nSPS) is 49.1. The summed E-state index contributed by atoms with van der Waals surface area (Å²) in [5.74, 6) is 1.54. The van der Waals surface area contributed by atoms with E-state index in [1.165, 1.54) is 25.5 Å². The molecular formula is C13H20N2O2. The van der Waals surface area contributed by atoms with Gasteiger partial charge in [0.2, 0.25) is 0 Å². The smallest absolute Gasteiger partial charge is 0.107 e. The fraction of sp³-hybridized carbons (Fsp3) is 0.846. The molecule has 4 fully saturated rings. The predicted molar refractivity (Wildman–Crippen MR) is 64.7 cm³/mol. The molecule has 0 aromatic carbocycles. The van der Waals surface area contributed by atoms with Gasteiger partial charge in [0.25, 0.3) is 0 Å². The minimum absolute atomic E-state index is 0.0280. The summed E-state index contributed by atoms with van der Waals surface area (Å²) >= 11 is 0. The number of hydrogen-bond donors (Lipinski definition) is 2. The zero-order valence-corrected chi connectivity index (χ0v) is 10.3. The molecule has 4 rings (SSSR count). The van der Waals surface area contributed by atoms with Crippen LogP contribution in [0, 0.1) is 22.7 Å². The maximum atomic E-state index is 9.19. The molecule has 4 aliphatic carbocycles. The molecule has 4 aliphatic rings. The summed E-state index contributed by atoms with van der Waals surface area (Å²) in [6.07, 6.45) is 8.59. The summed E-state index contributed by atoms with van der Waals surface area (Å²) in [5.41, 5.74) is 0.962. The van der Waals surface area contributed by atoms with Gasteiger partial charge in [-0.1, -0.05) is 17.2 Å². The topological polar surface area (TPSA) is 65.2 Å². The van der Waals surface area contributed by atoms with E-state index in [1.54, 1.807) is 0 Å². The minimum atomic E-state index is -0.0280. The van der Waals surface area contributed by atoms with E-state index >= 15 is 0 Å². The van der Waals surface area contributed by atoms with Gasteiger partial charge in [0.1, 0.15) is 5.71 Å². The van der Waals surface area contributed by atoms with Crippen molar-refractivity contribution in [2.24, 2.45) is 33.0 Å². The zero-order chi connectivity index (χ0) is 12.1. The lowest BCUT2D eigenvalue weighted by molar-refractivity contribution is -0.0679. The van der Waals surface area contributed by atoms with Crippen LogP contribution in [0.4, 0.5) is 0 Å². The Kier molecular flexibility index (Phi) is 2.25. The van der Waals surface area contributed by atoms with E-state index in [9.17, 15) is 5.21 Å². The van der Waals surface area contributed by atoms with E-state index in [0.29, 0.717) is 11.1 Å². The van der Waals surface area contributed by atoms with Crippen LogP contribution in [-0.2, 0) is 0 Å². The van der Waals surface area contributed by atoms with Gasteiger partial charge in [-0.25, -0.2) is 0 Å². The molecular weight excluding hydrogens is 216 g/mol. The fourth-order valence-corrected chi connectivity index (χ4v) is 5.34. The average Bonchev–Trinajstić information content (AvgIpc) is 2.22. The quantitative estimate of drug-likeness (QED) is 0.440. The number of nitrogens with zero attached hydrogens (tertiary/aromatic N) is 2. The molecule has 4 heteroatoms. The van der Waals surface area contributed by atoms with Gasteiger partial charge < -0.3 is 10.4 Å². The Hall–Kier alpha value is -1.06. The second-order valence-electron chi connectivity index (χ2n) is 6.78. The van der Waals surface area contributed by atoms with Crippen molar-refractivity contribution in [2.75, 3.05) is 0 Å². The van der Waals surface area contributed by atoms with Gasteiger partial charge in [-0.05, 0) is 55.8 Å². The standard InChI is InChI=1S/C13H20N2O2/c1-12-3-9-2-10(4-12)6-13(5-9,8-12)11(15-17)7-14-16/h7,9-10,16-17H,2-6,8H2,1H3/b14-7-,15-11-/t9-,10-,12?,13?/m1/s1. The summed E-state index contributed by atoms with van der Waals surface area (Å²) in [7, 11) is 0. The largest absolute Gasteiger partial charge is 0.411 e. The molecule has 0 aliphatic heterocycles. The monoisotopic (exact) mass is 236 g/mol. The highest BCUT2D eigenvalue weighted by atomic mass is 16.4. The van der Waals surface area contributed by atoms with Gasteiger partial charge in [-0.2, -0.15) is 0 Å². The molecule has 4 saturated carbocycles. The second-order valence-corrected chi connectivity index (χ2v) is 6.78. The first kappa shape index (κ1) is 11.1. The Bertz CT molecular complexity index is 375. The summed E-state index contributed by atoms with van der Waals surface area (Å²) in [6, 6.07) is 0. The number of hydrogen-bond acceptors (Lipinski definition) is 4. The molecule has 0 amide bonds. The van der Waals surface area contributed by atoms with E-state index in [1.807, 2.05) is 0 Å². The van der Waals surface area contributed by atoms with Crippen LogP contribution < -0.4 is 0 Å². The molecule has 0 aromatic rings. The predicted octanol–water partition coefficient (Wildman–Crippen LogP) is 2.88. The average molecular weight is 236 g/mol. The lowest BCUT2D eigenvalue weighted by Crippen LogP contribution is -2.54. The molecule has 2 atom stereocenters. The highest BCUT2D eigenvalue weighted by Gasteiger charge is 2.57. The SMILES string of the molecule is CC12C[C@H]3C[C@H](C1)CC(C(/C=N\O)=N\O)(C3)C2. The molecule has 94 valence electrons. The third-order valence-corrected chi connectivity index (χ3v) is 5.18. The van der Waals surface area contributed by atoms with Gasteiger partial charge in [0, 0.05) is 5.41 Å². The molecule has 2 N–H and O–H groups in total. The summed E-state index contributed by atoms with van der Waals surface area (Å²) in [5, 5.41) is 24.4. The summed E-state index contributed by atoms with van der Waals surface area (Å²) < 4.78 is 0. The lowest BCUT2D eigenvalue weighted by Gasteiger charge is -2.61. The third kappa shape index (κ3) is 1.57. The molecule has 0 radical (unpaired) electrons. The molecule has 0 aromatic heterocycles. The van der Waals surface area contributed by atoms with E-state index in [2.05, 4.69) is 17.2 Å². The van der Waals surface area contributed by atoms with Crippen LogP contribution in [0.15, 0.2) is 10.3 Å². The molecule has 0 unspecified atom stereocenters. The number of oxime groups is 2. The molecule has 0 spiro atoms. The van der Waals surface area contributed by atoms with Gasteiger partial charge in [-0.15, -0.1) is 0 Å². The van der Waals surface area contributed by atoms with Crippen molar-refractivity contribution >= 4 is 11.9 Å². The second kappa shape index (κ2) is 3.47. The summed E-state index contributed by atoms with van der Waals surface area (Å²) in [6.45, 7) is 2.37. The van der Waals surface area contributed by atoms with Gasteiger partial charge in [-0.3, -0.25) is 0 Å². The molecule has 17 heavy (non-hydrogen) atoms. The molecule has 0 heterocycles. The van der Waals surface area contributed by atoms with Crippen molar-refractivity contribution in [3.63, 3.8) is 0 Å². The van der Waals surface area contributed by atoms with Crippen molar-refractivity contribution < 1.29 is 10.4 Å². The van der Waals surface area contributed by atoms with Crippen molar-refractivity contribution in [2.45, 2.75) is 45.4 Å². The van der Waals surface area contributed by atoms with Gasteiger partial charge in [0.15, 0.2) is 0 Å². The fourth-order valence-electron chi connectivity index (χ4n) is 5.34. The van der Waals surface area contributed by atoms with Gasteiger partial charge >= 0.3 is 0 Å². The Morgan fingerprint density at radius 1 is 1.18 bits per heavy atom. The molecule has 0 saturated heterocycles. The van der Waals surface area contributed by atoms with Crippen molar-refractivity contribution in [1.82, 2.24) is 0 Å². The molecule has 4 bridgehead atoms. The van der Waals surface area contributed by atoms with Crippen LogP contribution in [0.5, 0.6) is 0 Å². The zero-order valence-electron chi connectivity index (χ0n) is 10.3. The van der Waals surface area contributed by atoms with Crippen LogP contribution in [0.1, 0.15) is 45.4 Å². The van der Waals surface area contributed by atoms with E-state index in [4.69, 9.17) is 5.21 Å². The highest BCUT2D eigenvalue weighted by molar-refractivity contribution is 6.32. The van der Waals surface area contributed by atoms with Gasteiger partial charge in [0.05, 0.1) is 6.21 Å². The van der Waals surface area contributed by atoms with Crippen LogP contribution >= 0.6 is 0 Å². The van der Waals surface area contributed by atoms with Crippen LogP contribution in [0.25, 0.3) is 0 Å². The van der Waals surface area contributed by atoms with Crippen LogP contribution in [0.2, 0.25) is 0 Å². The summed E-state index contributed by atoms with van der Waals surface area (Å²) in [4.78, 5) is 0. The Balaban J connectivity index is 1.98. The van der Waals surface area contributed by atoms with Crippen LogP contribution in [0.3, 0.4) is 0 Å². The first-order valence-corrected chi connectivity index (χ1v) is 6.49. The number of rotatable bonds is 2. The molecule has 4 nitrogen and oxygen atoms in total. The Morgan fingerprint density at radius 3 is 2.29 bits per heavy atom. The van der Waals surface area contributed by atoms with Crippen molar-refractivity contribution in [3.8, 4) is 0 Å². The van der Waals surface area contributed by atoms with Crippen molar-refractivity contribution in [1.29, 1.82) is 0 Å². The van der Waals surface area contributed by atoms with E-state index in [-0.39, 0.29) is 5.41 Å².